The van der Waals surface area contributed by atoms with Crippen LogP contribution in [0.4, 0.5) is 0 Å². The van der Waals surface area contributed by atoms with E-state index in [-0.39, 0.29) is 53.2 Å². The summed E-state index contributed by atoms with van der Waals surface area (Å²) in [6, 6.07) is 10.1. The van der Waals surface area contributed by atoms with Crippen LogP contribution in [0.25, 0.3) is 11.0 Å². The number of benzene rings is 2. The summed E-state index contributed by atoms with van der Waals surface area (Å²) < 4.78 is 16.3. The summed E-state index contributed by atoms with van der Waals surface area (Å²) in [5, 5.41) is 28.5. The summed E-state index contributed by atoms with van der Waals surface area (Å²) in [6.45, 7) is -0.521. The van der Waals surface area contributed by atoms with E-state index in [0.717, 1.165) is 12.1 Å². The second-order valence-corrected chi connectivity index (χ2v) is 7.49. The Kier molecular flexibility index (Phi) is 6.15. The fourth-order valence-corrected chi connectivity index (χ4v) is 3.57. The Morgan fingerprint density at radius 3 is 2.35 bits per heavy atom. The van der Waals surface area contributed by atoms with E-state index in [1.165, 1.54) is 18.2 Å². The second-order valence-electron chi connectivity index (χ2n) is 7.49. The van der Waals surface area contributed by atoms with Crippen LogP contribution >= 0.6 is 0 Å². The number of hydrogen-bond donors (Lipinski definition) is 3. The highest BCUT2D eigenvalue weighted by Gasteiger charge is 2.25. The number of ketones is 1. The molecule has 1 aliphatic rings. The van der Waals surface area contributed by atoms with Gasteiger partial charge in [0, 0.05) is 18.1 Å². The Labute approximate surface area is 191 Å². The highest BCUT2D eigenvalue weighted by molar-refractivity contribution is 6.13. The maximum atomic E-state index is 12.4. The molecule has 0 amide bonds. The van der Waals surface area contributed by atoms with Gasteiger partial charge in [0.25, 0.3) is 0 Å². The lowest BCUT2D eigenvalue weighted by Crippen LogP contribution is -2.26. The molecule has 0 bridgehead atoms. The maximum Gasteiger partial charge on any atom is 0.371 e. The van der Waals surface area contributed by atoms with Crippen LogP contribution in [0.3, 0.4) is 0 Å². The minimum Gasteiger partial charge on any atom is -0.490 e. The van der Waals surface area contributed by atoms with Gasteiger partial charge in [-0.15, -0.1) is 0 Å². The summed E-state index contributed by atoms with van der Waals surface area (Å²) in [5.41, 5.74) is 0.149. The third-order valence-electron chi connectivity index (χ3n) is 5.11. The molecule has 10 heteroatoms. The molecule has 10 nitrogen and oxygen atoms in total. The molecule has 1 unspecified atom stereocenters. The fraction of sp³-hybridized carbons (Fsp3) is 0.167. The summed E-state index contributed by atoms with van der Waals surface area (Å²) in [5.74, 6) is -3.25. The standard InChI is InChI=1S/C24H18O10/c25-14(10-32-17-4-1-3-12-7-13(23(28)29)8-15(26)21(12)17)11-33-18-5-2-6-19-22(18)16(27)9-20(34-19)24(30)31/h1-6,8-9,14,25H,7,10-11H2,(H,28,29)(H,30,31). The van der Waals surface area contributed by atoms with Crippen LogP contribution in [0.5, 0.6) is 11.5 Å². The van der Waals surface area contributed by atoms with E-state index in [1.807, 2.05) is 0 Å². The van der Waals surface area contributed by atoms with Crippen molar-refractivity contribution in [2.24, 2.45) is 0 Å². The number of allylic oxidation sites excluding steroid dienone is 1. The predicted octanol–water partition coefficient (Wildman–Crippen LogP) is 2.06. The van der Waals surface area contributed by atoms with Crippen LogP contribution in [-0.2, 0) is 11.2 Å². The van der Waals surface area contributed by atoms with E-state index in [2.05, 4.69) is 0 Å². The van der Waals surface area contributed by atoms with Gasteiger partial charge in [-0.3, -0.25) is 9.59 Å². The van der Waals surface area contributed by atoms with Crippen LogP contribution in [0, 0.1) is 0 Å². The van der Waals surface area contributed by atoms with Crippen molar-refractivity contribution in [3.63, 3.8) is 0 Å². The smallest absolute Gasteiger partial charge is 0.371 e. The van der Waals surface area contributed by atoms with E-state index in [9.17, 15) is 24.3 Å². The Morgan fingerprint density at radius 2 is 1.65 bits per heavy atom. The zero-order chi connectivity index (χ0) is 24.4. The average Bonchev–Trinajstić information content (AvgIpc) is 2.80. The zero-order valence-electron chi connectivity index (χ0n) is 17.5. The normalized spacial score (nSPS) is 13.7. The molecule has 0 saturated heterocycles. The van der Waals surface area contributed by atoms with Gasteiger partial charge >= 0.3 is 11.9 Å². The van der Waals surface area contributed by atoms with Crippen molar-refractivity contribution in [1.29, 1.82) is 0 Å². The number of aliphatic hydroxyl groups excluding tert-OH is 1. The van der Waals surface area contributed by atoms with Crippen LogP contribution in [-0.4, -0.2) is 52.4 Å². The van der Waals surface area contributed by atoms with E-state index in [1.54, 1.807) is 18.2 Å². The quantitative estimate of drug-likeness (QED) is 0.448. The first-order chi connectivity index (χ1) is 16.2. The van der Waals surface area contributed by atoms with Crippen LogP contribution in [0.1, 0.15) is 26.5 Å². The first kappa shape index (κ1) is 22.7. The van der Waals surface area contributed by atoms with Gasteiger partial charge < -0.3 is 29.2 Å². The summed E-state index contributed by atoms with van der Waals surface area (Å²) >= 11 is 0. The van der Waals surface area contributed by atoms with Gasteiger partial charge in [-0.25, -0.2) is 9.59 Å². The largest absolute Gasteiger partial charge is 0.490 e. The number of carboxylic acid groups (broad SMARTS) is 2. The minimum absolute atomic E-state index is 0.0156. The molecule has 1 aliphatic carbocycles. The number of carboxylic acids is 2. The van der Waals surface area contributed by atoms with Gasteiger partial charge in [-0.2, -0.15) is 0 Å². The van der Waals surface area contributed by atoms with Gasteiger partial charge in [-0.1, -0.05) is 18.2 Å². The lowest BCUT2D eigenvalue weighted by Gasteiger charge is -2.19. The lowest BCUT2D eigenvalue weighted by molar-refractivity contribution is -0.132. The summed E-state index contributed by atoms with van der Waals surface area (Å²) in [6.07, 6.45) is -0.0221. The van der Waals surface area contributed by atoms with Crippen molar-refractivity contribution >= 4 is 28.7 Å². The second kappa shape index (κ2) is 9.20. The molecule has 1 aromatic heterocycles. The number of carbonyl (C=O) groups is 3. The topological polar surface area (TPSA) is 161 Å². The van der Waals surface area contributed by atoms with Gasteiger partial charge in [0.1, 0.15) is 41.8 Å². The number of aliphatic hydroxyl groups is 1. The van der Waals surface area contributed by atoms with Crippen molar-refractivity contribution in [1.82, 2.24) is 0 Å². The van der Waals surface area contributed by atoms with Crippen molar-refractivity contribution in [2.75, 3.05) is 13.2 Å². The van der Waals surface area contributed by atoms with E-state index in [4.69, 9.17) is 24.1 Å². The molecule has 0 radical (unpaired) electrons. The van der Waals surface area contributed by atoms with Gasteiger partial charge in [0.05, 0.1) is 5.56 Å². The Balaban J connectivity index is 1.45. The lowest BCUT2D eigenvalue weighted by atomic mass is 9.90. The molecule has 34 heavy (non-hydrogen) atoms. The molecule has 174 valence electrons. The predicted molar refractivity (Wildman–Crippen MR) is 117 cm³/mol. The molecule has 1 heterocycles. The molecule has 4 rings (SSSR count). The van der Waals surface area contributed by atoms with Crippen molar-refractivity contribution in [3.8, 4) is 11.5 Å². The van der Waals surface area contributed by atoms with Crippen molar-refractivity contribution in [2.45, 2.75) is 12.5 Å². The van der Waals surface area contributed by atoms with Gasteiger partial charge in [-0.05, 0) is 29.8 Å². The molecule has 3 aromatic rings. The SMILES string of the molecule is O=C(O)C1=CC(=O)c2c(cccc2OCC(O)COc2cccc3oc(C(=O)O)cc(=O)c23)C1. The van der Waals surface area contributed by atoms with E-state index >= 15 is 0 Å². The third kappa shape index (κ3) is 4.52. The summed E-state index contributed by atoms with van der Waals surface area (Å²) in [7, 11) is 0. The number of hydrogen-bond acceptors (Lipinski definition) is 8. The van der Waals surface area contributed by atoms with Crippen LogP contribution in [0.15, 0.2) is 63.3 Å². The third-order valence-corrected chi connectivity index (χ3v) is 5.11. The molecule has 0 aliphatic heterocycles. The highest BCUT2D eigenvalue weighted by atomic mass is 16.5. The van der Waals surface area contributed by atoms with Crippen molar-refractivity contribution < 1.29 is 43.6 Å². The Hall–Kier alpha value is -4.44. The molecular weight excluding hydrogens is 448 g/mol. The number of ether oxygens (including phenoxy) is 2. The minimum atomic E-state index is -1.38. The number of aliphatic carboxylic acids is 1. The van der Waals surface area contributed by atoms with Crippen LogP contribution in [0.2, 0.25) is 0 Å². The molecule has 1 atom stereocenters. The number of carbonyl (C=O) groups excluding carboxylic acids is 1. The fourth-order valence-electron chi connectivity index (χ4n) is 3.57. The first-order valence-corrected chi connectivity index (χ1v) is 10.1. The average molecular weight is 466 g/mol. The zero-order valence-corrected chi connectivity index (χ0v) is 17.5. The molecular formula is C24H18O10. The number of fused-ring (bicyclic) bond motifs is 2. The maximum absolute atomic E-state index is 12.4. The highest BCUT2D eigenvalue weighted by Crippen LogP contribution is 2.30. The Bertz CT molecular complexity index is 1400. The summed E-state index contributed by atoms with van der Waals surface area (Å²) in [4.78, 5) is 47.0. The van der Waals surface area contributed by atoms with Gasteiger partial charge in [0.2, 0.25) is 5.76 Å². The van der Waals surface area contributed by atoms with E-state index < -0.39 is 35.0 Å². The van der Waals surface area contributed by atoms with E-state index in [0.29, 0.717) is 5.56 Å². The van der Waals surface area contributed by atoms with Crippen LogP contribution < -0.4 is 14.9 Å². The molecule has 3 N–H and O–H groups in total. The number of aromatic carboxylic acids is 1. The monoisotopic (exact) mass is 466 g/mol. The first-order valence-electron chi connectivity index (χ1n) is 10.1. The molecule has 0 spiro atoms. The molecule has 2 aromatic carbocycles. The molecule has 0 fully saturated rings. The number of rotatable bonds is 8. The molecule has 0 saturated carbocycles. The van der Waals surface area contributed by atoms with Gasteiger partial charge in [0.15, 0.2) is 11.2 Å². The Morgan fingerprint density at radius 1 is 0.971 bits per heavy atom. The van der Waals surface area contributed by atoms with Crippen molar-refractivity contribution in [3.05, 3.63) is 81.2 Å².